The Kier molecular flexibility index (Phi) is 14.9. The van der Waals surface area contributed by atoms with Gasteiger partial charge in [-0.05, 0) is 103 Å². The second kappa shape index (κ2) is 21.1. The van der Waals surface area contributed by atoms with Crippen molar-refractivity contribution in [2.45, 2.75) is 85.7 Å². The number of aliphatic hydroxyl groups is 1. The summed E-state index contributed by atoms with van der Waals surface area (Å²) in [6.07, 6.45) is 10.0. The number of aryl methyl sites for hydroxylation is 1. The number of aliphatic hydroxyl groups excluding tert-OH is 1. The molecule has 3 N–H and O–H groups in total. The van der Waals surface area contributed by atoms with Crippen molar-refractivity contribution in [1.82, 2.24) is 14.9 Å². The molecule has 13 heteroatoms. The Bertz CT molecular complexity index is 2700. The van der Waals surface area contributed by atoms with Gasteiger partial charge in [-0.3, -0.25) is 19.7 Å². The van der Waals surface area contributed by atoms with E-state index in [0.29, 0.717) is 76.4 Å². The van der Waals surface area contributed by atoms with Crippen LogP contribution in [0, 0.1) is 37.5 Å². The largest absolute Gasteiger partial charge is 0.488 e. The van der Waals surface area contributed by atoms with Crippen LogP contribution in [-0.2, 0) is 44.4 Å². The minimum atomic E-state index is -0.848. The van der Waals surface area contributed by atoms with Gasteiger partial charge < -0.3 is 34.6 Å². The number of rotatable bonds is 18. The molecule has 3 heterocycles. The second-order valence-corrected chi connectivity index (χ2v) is 16.3. The Labute approximate surface area is 378 Å². The molecule has 1 unspecified atom stereocenters. The lowest BCUT2D eigenvalue weighted by Crippen LogP contribution is -2.44. The van der Waals surface area contributed by atoms with Crippen molar-refractivity contribution in [2.75, 3.05) is 6.54 Å². The van der Waals surface area contributed by atoms with Crippen LogP contribution in [0.4, 0.5) is 0 Å². The summed E-state index contributed by atoms with van der Waals surface area (Å²) < 4.78 is 25.3. The number of nitriles is 1. The lowest BCUT2D eigenvalue weighted by Gasteiger charge is -2.33. The number of ether oxygens (including phenoxy) is 4. The van der Waals surface area contributed by atoms with Crippen molar-refractivity contribution in [3.63, 3.8) is 0 Å². The number of likely N-dealkylation sites (tertiary alicyclic amines) is 1. The van der Waals surface area contributed by atoms with Crippen LogP contribution < -0.4 is 18.9 Å². The van der Waals surface area contributed by atoms with Gasteiger partial charge in [0.25, 0.3) is 0 Å². The fraction of sp³-hybridized carbons (Fsp3) is 0.275. The van der Waals surface area contributed by atoms with Crippen LogP contribution in [0.25, 0.3) is 11.1 Å². The third-order valence-corrected chi connectivity index (χ3v) is 11.9. The SMILES string of the molecule is Cc1cc(CO)c(OCc2cncc(C=N)c2)cc1OCc1cccc(-c2cccc(COc3cc(OCc4cncc(C#N)c4)c(CN4CCCCC4C(=O)O)cc3Cl)c2C)c1C. The number of carboxylic acids is 1. The lowest BCUT2D eigenvalue weighted by atomic mass is 9.92. The van der Waals surface area contributed by atoms with E-state index in [2.05, 4.69) is 48.1 Å². The van der Waals surface area contributed by atoms with Gasteiger partial charge in [0.15, 0.2) is 0 Å². The number of aromatic nitrogens is 2. The minimum Gasteiger partial charge on any atom is -0.488 e. The van der Waals surface area contributed by atoms with E-state index >= 15 is 0 Å². The van der Waals surface area contributed by atoms with Crippen LogP contribution in [0.1, 0.15) is 80.5 Å². The van der Waals surface area contributed by atoms with Crippen LogP contribution in [-0.4, -0.2) is 49.9 Å². The first-order valence-electron chi connectivity index (χ1n) is 21.1. The van der Waals surface area contributed by atoms with Gasteiger partial charge in [-0.1, -0.05) is 54.4 Å². The van der Waals surface area contributed by atoms with E-state index in [1.165, 1.54) is 12.4 Å². The van der Waals surface area contributed by atoms with Crippen LogP contribution in [0.3, 0.4) is 0 Å². The molecule has 1 saturated heterocycles. The summed E-state index contributed by atoms with van der Waals surface area (Å²) in [7, 11) is 0. The molecular formula is C51H50ClN5O7. The molecule has 1 aliphatic rings. The highest BCUT2D eigenvalue weighted by Crippen LogP contribution is 2.37. The van der Waals surface area contributed by atoms with Crippen molar-refractivity contribution in [3.8, 4) is 40.2 Å². The highest BCUT2D eigenvalue weighted by Gasteiger charge is 2.29. The van der Waals surface area contributed by atoms with E-state index in [1.807, 2.05) is 48.2 Å². The van der Waals surface area contributed by atoms with Gasteiger partial charge in [0.05, 0.1) is 17.2 Å². The number of halogens is 1. The molecule has 2 aromatic heterocycles. The number of benzene rings is 4. The average molecular weight is 880 g/mol. The van der Waals surface area contributed by atoms with E-state index < -0.39 is 12.0 Å². The van der Waals surface area contributed by atoms with Crippen LogP contribution >= 0.6 is 11.6 Å². The molecule has 0 amide bonds. The zero-order valence-electron chi connectivity index (χ0n) is 36.1. The number of hydrogen-bond acceptors (Lipinski definition) is 11. The molecular weight excluding hydrogens is 830 g/mol. The zero-order chi connectivity index (χ0) is 45.2. The molecule has 12 nitrogen and oxygen atoms in total. The Morgan fingerprint density at radius 2 is 1.39 bits per heavy atom. The summed E-state index contributed by atoms with van der Waals surface area (Å²) in [6.45, 7) is 7.76. The predicted molar refractivity (Wildman–Crippen MR) is 244 cm³/mol. The molecule has 64 heavy (non-hydrogen) atoms. The number of nitrogens with one attached hydrogen (secondary N) is 1. The van der Waals surface area contributed by atoms with E-state index in [4.69, 9.17) is 36.0 Å². The van der Waals surface area contributed by atoms with Crippen molar-refractivity contribution in [3.05, 3.63) is 164 Å². The number of hydrogen-bond donors (Lipinski definition) is 3. The predicted octanol–water partition coefficient (Wildman–Crippen LogP) is 9.84. The van der Waals surface area contributed by atoms with Crippen LogP contribution in [0.2, 0.25) is 5.02 Å². The number of nitrogens with zero attached hydrogens (tertiary/aromatic N) is 4. The monoisotopic (exact) mass is 879 g/mol. The molecule has 0 radical (unpaired) electrons. The lowest BCUT2D eigenvalue weighted by molar-refractivity contribution is -0.144. The van der Waals surface area contributed by atoms with Crippen molar-refractivity contribution < 1.29 is 34.0 Å². The van der Waals surface area contributed by atoms with Crippen LogP contribution in [0.15, 0.2) is 97.6 Å². The number of pyridine rings is 2. The fourth-order valence-electron chi connectivity index (χ4n) is 7.96. The number of piperidine rings is 1. The van der Waals surface area contributed by atoms with E-state index in [9.17, 15) is 20.3 Å². The highest BCUT2D eigenvalue weighted by molar-refractivity contribution is 6.32. The molecule has 0 aliphatic carbocycles. The minimum absolute atomic E-state index is 0.135. The van der Waals surface area contributed by atoms with E-state index in [1.54, 1.807) is 36.8 Å². The molecule has 0 spiro atoms. The van der Waals surface area contributed by atoms with Crippen molar-refractivity contribution in [2.24, 2.45) is 0 Å². The first-order valence-corrected chi connectivity index (χ1v) is 21.4. The summed E-state index contributed by atoms with van der Waals surface area (Å²) in [5.74, 6) is 1.22. The molecule has 1 atom stereocenters. The van der Waals surface area contributed by atoms with Crippen molar-refractivity contribution in [1.29, 1.82) is 10.7 Å². The second-order valence-electron chi connectivity index (χ2n) is 15.9. The number of carboxylic acid groups (broad SMARTS) is 1. The number of carbonyl (C=O) groups is 1. The molecule has 1 fully saturated rings. The van der Waals surface area contributed by atoms with Gasteiger partial charge in [0, 0.05) is 77.5 Å². The molecule has 0 saturated carbocycles. The van der Waals surface area contributed by atoms with Crippen LogP contribution in [0.5, 0.6) is 23.0 Å². The maximum absolute atomic E-state index is 12.1. The number of aliphatic carboxylic acids is 1. The molecule has 7 rings (SSSR count). The Morgan fingerprint density at radius 1 is 0.781 bits per heavy atom. The van der Waals surface area contributed by atoms with Gasteiger partial charge >= 0.3 is 5.97 Å². The van der Waals surface area contributed by atoms with E-state index in [-0.39, 0.29) is 26.4 Å². The quantitative estimate of drug-likeness (QED) is 0.0702. The highest BCUT2D eigenvalue weighted by atomic mass is 35.5. The topological polar surface area (TPSA) is 171 Å². The molecule has 1 aliphatic heterocycles. The summed E-state index contributed by atoms with van der Waals surface area (Å²) in [6, 6.07) is 24.6. The maximum Gasteiger partial charge on any atom is 0.320 e. The first kappa shape index (κ1) is 45.3. The third-order valence-electron chi connectivity index (χ3n) is 11.6. The normalized spacial score (nSPS) is 13.8. The summed E-state index contributed by atoms with van der Waals surface area (Å²) in [5.41, 5.74) is 11.1. The summed E-state index contributed by atoms with van der Waals surface area (Å²) >= 11 is 6.90. The summed E-state index contributed by atoms with van der Waals surface area (Å²) in [4.78, 5) is 22.4. The Balaban J connectivity index is 1.08. The van der Waals surface area contributed by atoms with E-state index in [0.717, 1.165) is 62.9 Å². The van der Waals surface area contributed by atoms with Gasteiger partial charge in [-0.25, -0.2) is 0 Å². The average Bonchev–Trinajstić information content (AvgIpc) is 3.31. The van der Waals surface area contributed by atoms with Gasteiger partial charge in [-0.2, -0.15) is 5.26 Å². The Morgan fingerprint density at radius 3 is 2.03 bits per heavy atom. The summed E-state index contributed by atoms with van der Waals surface area (Å²) in [5, 5.41) is 37.4. The van der Waals surface area contributed by atoms with Crippen molar-refractivity contribution >= 4 is 23.8 Å². The fourth-order valence-corrected chi connectivity index (χ4v) is 8.20. The molecule has 0 bridgehead atoms. The zero-order valence-corrected chi connectivity index (χ0v) is 36.8. The Hall–Kier alpha value is -6.78. The van der Waals surface area contributed by atoms with Gasteiger partial charge in [-0.15, -0.1) is 0 Å². The molecule has 328 valence electrons. The molecule has 6 aromatic rings. The van der Waals surface area contributed by atoms with Gasteiger partial charge in [0.1, 0.15) is 61.5 Å². The molecule has 4 aromatic carbocycles. The standard InChI is InChI=1S/C51H50ClN5O7/c1-32-14-42(27-58)49(62-29-38-16-36(21-54)23-56-25-38)18-47(32)63-30-39-8-6-10-43(33(39)2)44-11-7-9-40(34(44)3)31-64-50-19-48(61-28-37-15-35(20-53)22-55-24-37)41(17-45(50)52)26-57-13-5-4-12-46(57)51(59)60/h6-11,14-19,21-25,46,54,58H,4-5,12-13,26-31H2,1-3H3,(H,59,60). The first-order chi connectivity index (χ1) is 31.0. The maximum atomic E-state index is 12.1. The smallest absolute Gasteiger partial charge is 0.320 e. The third kappa shape index (κ3) is 10.9. The van der Waals surface area contributed by atoms with Gasteiger partial charge in [0.2, 0.25) is 0 Å².